The molecule has 1 aromatic carbocycles. The number of amides is 1. The zero-order valence-electron chi connectivity index (χ0n) is 12.0. The zero-order valence-corrected chi connectivity index (χ0v) is 12.0. The second-order valence-electron chi connectivity index (χ2n) is 5.15. The van der Waals surface area contributed by atoms with E-state index < -0.39 is 11.9 Å². The highest BCUT2D eigenvalue weighted by atomic mass is 19.1. The van der Waals surface area contributed by atoms with Crippen molar-refractivity contribution in [1.29, 1.82) is 0 Å². The van der Waals surface area contributed by atoms with E-state index in [1.807, 2.05) is 0 Å². The molecule has 0 aliphatic heterocycles. The molecular formula is C15H20FNO3. The number of carboxylic acid groups (broad SMARTS) is 1. The topological polar surface area (TPSA) is 57.6 Å². The molecule has 1 aromatic rings. The van der Waals surface area contributed by atoms with Gasteiger partial charge in [0.2, 0.25) is 5.91 Å². The molecule has 4 nitrogen and oxygen atoms in total. The number of nitrogens with zero attached hydrogens (tertiary/aromatic N) is 1. The van der Waals surface area contributed by atoms with Gasteiger partial charge in [-0.1, -0.05) is 25.1 Å². The van der Waals surface area contributed by atoms with Crippen LogP contribution in [-0.2, 0) is 16.0 Å². The molecule has 1 N–H and O–H groups in total. The molecule has 5 heteroatoms. The first-order valence-corrected chi connectivity index (χ1v) is 6.58. The summed E-state index contributed by atoms with van der Waals surface area (Å²) in [4.78, 5) is 24.4. The maximum atomic E-state index is 13.6. The van der Waals surface area contributed by atoms with Crippen LogP contribution in [0.5, 0.6) is 0 Å². The van der Waals surface area contributed by atoms with E-state index in [0.29, 0.717) is 5.56 Å². The Labute approximate surface area is 118 Å². The van der Waals surface area contributed by atoms with Crippen LogP contribution in [0.4, 0.5) is 4.39 Å². The first-order chi connectivity index (χ1) is 9.32. The van der Waals surface area contributed by atoms with Crippen LogP contribution in [0.3, 0.4) is 0 Å². The lowest BCUT2D eigenvalue weighted by Crippen LogP contribution is -2.43. The Hall–Kier alpha value is -1.91. The molecule has 0 fully saturated rings. The third-order valence-electron chi connectivity index (χ3n) is 3.12. The molecule has 1 unspecified atom stereocenters. The molecule has 110 valence electrons. The summed E-state index contributed by atoms with van der Waals surface area (Å²) >= 11 is 0. The van der Waals surface area contributed by atoms with Crippen molar-refractivity contribution < 1.29 is 19.1 Å². The van der Waals surface area contributed by atoms with Gasteiger partial charge in [0.1, 0.15) is 12.4 Å². The van der Waals surface area contributed by atoms with Crippen LogP contribution in [0.1, 0.15) is 26.3 Å². The molecule has 0 bridgehead atoms. The second-order valence-corrected chi connectivity index (χ2v) is 5.15. The van der Waals surface area contributed by atoms with E-state index in [1.54, 1.807) is 39.0 Å². The molecule has 0 aliphatic carbocycles. The van der Waals surface area contributed by atoms with Gasteiger partial charge in [0.25, 0.3) is 0 Å². The van der Waals surface area contributed by atoms with Gasteiger partial charge in [-0.3, -0.25) is 9.59 Å². The van der Waals surface area contributed by atoms with Crippen LogP contribution in [0.25, 0.3) is 0 Å². The van der Waals surface area contributed by atoms with Crippen molar-refractivity contribution in [2.24, 2.45) is 5.92 Å². The predicted octanol–water partition coefficient (Wildman–Crippen LogP) is 2.33. The van der Waals surface area contributed by atoms with E-state index in [2.05, 4.69) is 0 Å². The molecule has 0 heterocycles. The summed E-state index contributed by atoms with van der Waals surface area (Å²) in [7, 11) is 0. The van der Waals surface area contributed by atoms with Crippen LogP contribution in [0.15, 0.2) is 24.3 Å². The van der Waals surface area contributed by atoms with E-state index in [-0.39, 0.29) is 30.7 Å². The third-order valence-corrected chi connectivity index (χ3v) is 3.12. The molecule has 1 rings (SSSR count). The lowest BCUT2D eigenvalue weighted by Gasteiger charge is -2.28. The second kappa shape index (κ2) is 7.03. The van der Waals surface area contributed by atoms with Crippen molar-refractivity contribution in [1.82, 2.24) is 4.90 Å². The summed E-state index contributed by atoms with van der Waals surface area (Å²) in [6.45, 7) is 4.87. The Morgan fingerprint density at radius 1 is 1.25 bits per heavy atom. The lowest BCUT2D eigenvalue weighted by molar-refractivity contribution is -0.147. The summed E-state index contributed by atoms with van der Waals surface area (Å²) < 4.78 is 13.6. The number of benzene rings is 1. The highest BCUT2D eigenvalue weighted by molar-refractivity contribution is 5.83. The van der Waals surface area contributed by atoms with E-state index in [1.165, 1.54) is 11.0 Å². The molecule has 1 amide bonds. The molecule has 0 spiro atoms. The summed E-state index contributed by atoms with van der Waals surface area (Å²) in [5.74, 6) is -2.13. The minimum absolute atomic E-state index is 0.207. The lowest BCUT2D eigenvalue weighted by atomic mass is 9.99. The van der Waals surface area contributed by atoms with E-state index in [9.17, 15) is 14.0 Å². The summed E-state index contributed by atoms with van der Waals surface area (Å²) in [5, 5.41) is 8.84. The fourth-order valence-electron chi connectivity index (χ4n) is 2.02. The average molecular weight is 281 g/mol. The number of carbonyl (C=O) groups is 2. The Bertz CT molecular complexity index is 488. The van der Waals surface area contributed by atoms with Crippen LogP contribution in [0, 0.1) is 11.7 Å². The number of hydrogen-bond acceptors (Lipinski definition) is 2. The number of halogens is 1. The van der Waals surface area contributed by atoms with Gasteiger partial charge in [0.05, 0.1) is 0 Å². The van der Waals surface area contributed by atoms with Gasteiger partial charge in [-0.2, -0.15) is 0 Å². The zero-order chi connectivity index (χ0) is 15.3. The largest absolute Gasteiger partial charge is 0.480 e. The fourth-order valence-corrected chi connectivity index (χ4v) is 2.02. The van der Waals surface area contributed by atoms with Crippen molar-refractivity contribution >= 4 is 11.9 Å². The number of hydrogen-bond donors (Lipinski definition) is 1. The van der Waals surface area contributed by atoms with Gasteiger partial charge in [-0.25, -0.2) is 4.39 Å². The molecular weight excluding hydrogens is 261 g/mol. The summed E-state index contributed by atoms with van der Waals surface area (Å²) in [5.41, 5.74) is 0.465. The summed E-state index contributed by atoms with van der Waals surface area (Å²) in [6.07, 6.45) is 0.258. The normalized spacial score (nSPS) is 12.2. The molecule has 0 radical (unpaired) electrons. The first-order valence-electron chi connectivity index (χ1n) is 6.58. The van der Waals surface area contributed by atoms with Gasteiger partial charge < -0.3 is 10.0 Å². The first kappa shape index (κ1) is 16.1. The quantitative estimate of drug-likeness (QED) is 0.870. The van der Waals surface area contributed by atoms with Crippen molar-refractivity contribution in [3.05, 3.63) is 35.6 Å². The van der Waals surface area contributed by atoms with Crippen molar-refractivity contribution in [3.63, 3.8) is 0 Å². The Morgan fingerprint density at radius 3 is 2.35 bits per heavy atom. The van der Waals surface area contributed by atoms with Crippen molar-refractivity contribution in [3.8, 4) is 0 Å². The van der Waals surface area contributed by atoms with Crippen LogP contribution >= 0.6 is 0 Å². The molecule has 0 saturated heterocycles. The van der Waals surface area contributed by atoms with Gasteiger partial charge in [-0.05, 0) is 31.9 Å². The van der Waals surface area contributed by atoms with Gasteiger partial charge in [0, 0.05) is 12.0 Å². The molecule has 0 saturated carbocycles. The van der Waals surface area contributed by atoms with Crippen LogP contribution in [-0.4, -0.2) is 34.5 Å². The molecule has 1 atom stereocenters. The standard InChI is InChI=1S/C15H20FNO3/c1-10(2)17(9-14(18)19)15(20)11(3)8-12-6-4-5-7-13(12)16/h4-7,10-11H,8-9H2,1-3H3,(H,18,19). The maximum Gasteiger partial charge on any atom is 0.323 e. The van der Waals surface area contributed by atoms with Gasteiger partial charge in [-0.15, -0.1) is 0 Å². The third kappa shape index (κ3) is 4.33. The highest BCUT2D eigenvalue weighted by Gasteiger charge is 2.25. The molecule has 20 heavy (non-hydrogen) atoms. The fraction of sp³-hybridized carbons (Fsp3) is 0.467. The molecule has 0 aromatic heterocycles. The van der Waals surface area contributed by atoms with Crippen molar-refractivity contribution in [2.45, 2.75) is 33.2 Å². The SMILES string of the molecule is CC(Cc1ccccc1F)C(=O)N(CC(=O)O)C(C)C. The van der Waals surface area contributed by atoms with Crippen LogP contribution < -0.4 is 0 Å². The van der Waals surface area contributed by atoms with Gasteiger partial charge >= 0.3 is 5.97 Å². The predicted molar refractivity (Wildman–Crippen MR) is 73.8 cm³/mol. The minimum Gasteiger partial charge on any atom is -0.480 e. The minimum atomic E-state index is -1.05. The number of aliphatic carboxylic acids is 1. The number of rotatable bonds is 6. The summed E-state index contributed by atoms with van der Waals surface area (Å²) in [6, 6.07) is 6.09. The van der Waals surface area contributed by atoms with Crippen LogP contribution in [0.2, 0.25) is 0 Å². The van der Waals surface area contributed by atoms with E-state index in [4.69, 9.17) is 5.11 Å². The molecule has 0 aliphatic rings. The Morgan fingerprint density at radius 2 is 1.85 bits per heavy atom. The monoisotopic (exact) mass is 281 g/mol. The van der Waals surface area contributed by atoms with E-state index in [0.717, 1.165) is 0 Å². The van der Waals surface area contributed by atoms with Gasteiger partial charge in [0.15, 0.2) is 0 Å². The smallest absolute Gasteiger partial charge is 0.323 e. The highest BCUT2D eigenvalue weighted by Crippen LogP contribution is 2.15. The van der Waals surface area contributed by atoms with Crippen molar-refractivity contribution in [2.75, 3.05) is 6.54 Å². The maximum absolute atomic E-state index is 13.6. The number of carbonyl (C=O) groups excluding carboxylic acids is 1. The Kier molecular flexibility index (Phi) is 5.67. The average Bonchev–Trinajstić information content (AvgIpc) is 2.37. The Balaban J connectivity index is 2.79. The number of carboxylic acids is 1. The van der Waals surface area contributed by atoms with E-state index >= 15 is 0 Å².